The number of hydrogen-bond donors (Lipinski definition) is 1. The van der Waals surface area contributed by atoms with Crippen molar-refractivity contribution in [3.8, 4) is 0 Å². The van der Waals surface area contributed by atoms with Crippen LogP contribution in [0.15, 0.2) is 36.4 Å². The first-order valence-electron chi connectivity index (χ1n) is 9.89. The number of nitrogens with zero attached hydrogens (tertiary/aromatic N) is 1. The molecule has 2 atom stereocenters. The summed E-state index contributed by atoms with van der Waals surface area (Å²) >= 11 is 0. The average molecular weight is 417 g/mol. The Kier molecular flexibility index (Phi) is 7.11. The van der Waals surface area contributed by atoms with Crippen LogP contribution >= 0.6 is 0 Å². The third kappa shape index (κ3) is 5.60. The number of sulfonamides is 1. The van der Waals surface area contributed by atoms with Gasteiger partial charge in [-0.05, 0) is 75.4 Å². The summed E-state index contributed by atoms with van der Waals surface area (Å²) in [5.41, 5.74) is 5.73. The number of hydrogen-bond acceptors (Lipinski definition) is 3. The highest BCUT2D eigenvalue weighted by molar-refractivity contribution is 7.92. The van der Waals surface area contributed by atoms with Gasteiger partial charge in [-0.3, -0.25) is 9.10 Å². The molecule has 29 heavy (non-hydrogen) atoms. The lowest BCUT2D eigenvalue weighted by atomic mass is 9.97. The van der Waals surface area contributed by atoms with Crippen LogP contribution in [-0.4, -0.2) is 26.6 Å². The molecule has 0 unspecified atom stereocenters. The summed E-state index contributed by atoms with van der Waals surface area (Å²) < 4.78 is 26.3. The van der Waals surface area contributed by atoms with Gasteiger partial charge >= 0.3 is 0 Å². The number of nitrogens with one attached hydrogen (secondary N) is 1. The molecule has 0 heterocycles. The van der Waals surface area contributed by atoms with Crippen molar-refractivity contribution in [2.75, 3.05) is 10.6 Å². The van der Waals surface area contributed by atoms with Crippen LogP contribution < -0.4 is 9.62 Å². The van der Waals surface area contributed by atoms with Gasteiger partial charge < -0.3 is 5.32 Å². The second kappa shape index (κ2) is 8.99. The predicted molar refractivity (Wildman–Crippen MR) is 120 cm³/mol. The Labute approximate surface area is 175 Å². The summed E-state index contributed by atoms with van der Waals surface area (Å²) in [6.07, 6.45) is 1.85. The Bertz CT molecular complexity index is 979. The summed E-state index contributed by atoms with van der Waals surface area (Å²) in [6.45, 7) is 11.5. The average Bonchev–Trinajstić information content (AvgIpc) is 2.58. The van der Waals surface area contributed by atoms with Gasteiger partial charge in [0.05, 0.1) is 18.0 Å². The molecule has 158 valence electrons. The Balaban J connectivity index is 2.35. The zero-order valence-electron chi connectivity index (χ0n) is 18.4. The normalized spacial score (nSPS) is 13.6. The number of amides is 1. The van der Waals surface area contributed by atoms with E-state index < -0.39 is 16.1 Å². The molecule has 0 saturated heterocycles. The first-order valence-corrected chi connectivity index (χ1v) is 11.7. The van der Waals surface area contributed by atoms with Crippen molar-refractivity contribution in [2.45, 2.75) is 60.0 Å². The molecule has 6 heteroatoms. The molecule has 0 fully saturated rings. The second-order valence-electron chi connectivity index (χ2n) is 7.91. The van der Waals surface area contributed by atoms with E-state index in [-0.39, 0.29) is 11.9 Å². The lowest BCUT2D eigenvalue weighted by Gasteiger charge is -2.30. The number of benzene rings is 2. The monoisotopic (exact) mass is 416 g/mol. The second-order valence-corrected chi connectivity index (χ2v) is 9.77. The molecule has 1 amide bonds. The van der Waals surface area contributed by atoms with E-state index in [4.69, 9.17) is 0 Å². The van der Waals surface area contributed by atoms with Crippen LogP contribution in [0.1, 0.15) is 54.1 Å². The molecule has 0 saturated carbocycles. The maximum atomic E-state index is 13.1. The zero-order chi connectivity index (χ0) is 21.9. The van der Waals surface area contributed by atoms with Crippen molar-refractivity contribution in [1.82, 2.24) is 5.32 Å². The van der Waals surface area contributed by atoms with Gasteiger partial charge in [0.2, 0.25) is 15.9 Å². The molecule has 2 aromatic rings. The fraction of sp³-hybridized carbons (Fsp3) is 0.435. The maximum Gasteiger partial charge on any atom is 0.244 e. The van der Waals surface area contributed by atoms with Gasteiger partial charge in [-0.1, -0.05) is 36.8 Å². The number of carbonyl (C=O) groups is 1. The summed E-state index contributed by atoms with van der Waals surface area (Å²) in [6, 6.07) is 10.7. The quantitative estimate of drug-likeness (QED) is 0.730. The molecule has 0 aliphatic carbocycles. The molecule has 0 aromatic heterocycles. The lowest BCUT2D eigenvalue weighted by Crippen LogP contribution is -2.48. The molecule has 0 radical (unpaired) electrons. The summed E-state index contributed by atoms with van der Waals surface area (Å²) in [5.74, 6) is -0.318. The standard InChI is InChI=1S/C23H32N2O3S/c1-8-22(21-10-9-15(2)12-18(21)5)24-23(26)19(6)25(29(7,27)28)20-13-16(3)11-17(4)14-20/h9-14,19,22H,8H2,1-7H3,(H,24,26)/t19-,22+/m0/s1. The highest BCUT2D eigenvalue weighted by Crippen LogP contribution is 2.26. The molecule has 2 aromatic carbocycles. The number of aryl methyl sites for hydroxylation is 4. The van der Waals surface area contributed by atoms with Crippen molar-refractivity contribution >= 4 is 21.6 Å². The van der Waals surface area contributed by atoms with Crippen LogP contribution in [0.5, 0.6) is 0 Å². The van der Waals surface area contributed by atoms with Gasteiger partial charge in [0, 0.05) is 0 Å². The number of anilines is 1. The summed E-state index contributed by atoms with van der Waals surface area (Å²) in [7, 11) is -3.64. The molecule has 0 aliphatic heterocycles. The molecule has 5 nitrogen and oxygen atoms in total. The Hall–Kier alpha value is -2.34. The van der Waals surface area contributed by atoms with Gasteiger partial charge in [-0.15, -0.1) is 0 Å². The summed E-state index contributed by atoms with van der Waals surface area (Å²) in [5, 5.41) is 3.05. The topological polar surface area (TPSA) is 66.5 Å². The number of carbonyl (C=O) groups excluding carboxylic acids is 1. The Morgan fingerprint density at radius 3 is 2.07 bits per heavy atom. The lowest BCUT2D eigenvalue weighted by molar-refractivity contribution is -0.122. The fourth-order valence-electron chi connectivity index (χ4n) is 3.80. The van der Waals surface area contributed by atoms with E-state index in [0.717, 1.165) is 28.5 Å². The molecule has 0 aliphatic rings. The molecular weight excluding hydrogens is 384 g/mol. The van der Waals surface area contributed by atoms with Crippen molar-refractivity contribution in [1.29, 1.82) is 0 Å². The van der Waals surface area contributed by atoms with E-state index in [0.29, 0.717) is 12.1 Å². The minimum atomic E-state index is -3.64. The van der Waals surface area contributed by atoms with Crippen molar-refractivity contribution < 1.29 is 13.2 Å². The van der Waals surface area contributed by atoms with E-state index in [2.05, 4.69) is 11.4 Å². The SMILES string of the molecule is CC[C@@H](NC(=O)[C@H](C)N(c1cc(C)cc(C)c1)S(C)(=O)=O)c1ccc(C)cc1C. The molecule has 0 bridgehead atoms. The smallest absolute Gasteiger partial charge is 0.244 e. The van der Waals surface area contributed by atoms with E-state index in [1.165, 1.54) is 9.87 Å². The maximum absolute atomic E-state index is 13.1. The van der Waals surface area contributed by atoms with E-state index in [9.17, 15) is 13.2 Å². The number of rotatable bonds is 7. The van der Waals surface area contributed by atoms with Gasteiger partial charge in [-0.2, -0.15) is 0 Å². The Morgan fingerprint density at radius 1 is 1.00 bits per heavy atom. The highest BCUT2D eigenvalue weighted by atomic mass is 32.2. The van der Waals surface area contributed by atoms with Crippen LogP contribution in [0.4, 0.5) is 5.69 Å². The summed E-state index contributed by atoms with van der Waals surface area (Å²) in [4.78, 5) is 13.1. The van der Waals surface area contributed by atoms with Crippen molar-refractivity contribution in [2.24, 2.45) is 0 Å². The van der Waals surface area contributed by atoms with Crippen LogP contribution in [0.3, 0.4) is 0 Å². The fourth-order valence-corrected chi connectivity index (χ4v) is 4.95. The molecule has 1 N–H and O–H groups in total. The van der Waals surface area contributed by atoms with E-state index in [1.54, 1.807) is 19.1 Å². The third-order valence-corrected chi connectivity index (χ3v) is 6.32. The predicted octanol–water partition coefficient (Wildman–Crippen LogP) is 4.34. The van der Waals surface area contributed by atoms with Crippen LogP contribution in [0, 0.1) is 27.7 Å². The van der Waals surface area contributed by atoms with Gasteiger partial charge in [0.15, 0.2) is 0 Å². The van der Waals surface area contributed by atoms with Crippen LogP contribution in [-0.2, 0) is 14.8 Å². The van der Waals surface area contributed by atoms with Gasteiger partial charge in [-0.25, -0.2) is 8.42 Å². The van der Waals surface area contributed by atoms with Crippen molar-refractivity contribution in [3.63, 3.8) is 0 Å². The molecule has 0 spiro atoms. The van der Waals surface area contributed by atoms with Crippen molar-refractivity contribution in [3.05, 3.63) is 64.2 Å². The van der Waals surface area contributed by atoms with E-state index in [1.807, 2.05) is 52.8 Å². The van der Waals surface area contributed by atoms with Gasteiger partial charge in [0.25, 0.3) is 0 Å². The first kappa shape index (κ1) is 22.9. The van der Waals surface area contributed by atoms with E-state index >= 15 is 0 Å². The van der Waals surface area contributed by atoms with Crippen LogP contribution in [0.25, 0.3) is 0 Å². The minimum Gasteiger partial charge on any atom is -0.347 e. The largest absolute Gasteiger partial charge is 0.347 e. The first-order chi connectivity index (χ1) is 13.4. The minimum absolute atomic E-state index is 0.175. The molecular formula is C23H32N2O3S. The molecule has 2 rings (SSSR count). The zero-order valence-corrected chi connectivity index (χ0v) is 19.2. The third-order valence-electron chi connectivity index (χ3n) is 5.07. The Morgan fingerprint density at radius 2 is 1.59 bits per heavy atom. The van der Waals surface area contributed by atoms with Crippen LogP contribution in [0.2, 0.25) is 0 Å². The van der Waals surface area contributed by atoms with Gasteiger partial charge in [0.1, 0.15) is 6.04 Å². The highest BCUT2D eigenvalue weighted by Gasteiger charge is 2.30.